The lowest BCUT2D eigenvalue weighted by molar-refractivity contribution is -0.129. The number of carbonyl (C=O) groups excluding carboxylic acids is 2. The van der Waals surface area contributed by atoms with Crippen LogP contribution >= 0.6 is 11.8 Å². The molecule has 0 aliphatic carbocycles. The monoisotopic (exact) mass is 489 g/mol. The van der Waals surface area contributed by atoms with Gasteiger partial charge in [0.1, 0.15) is 16.7 Å². The third-order valence-electron chi connectivity index (χ3n) is 5.56. The highest BCUT2D eigenvalue weighted by Crippen LogP contribution is 2.31. The number of ether oxygens (including phenoxy) is 2. The Balaban J connectivity index is 1.53. The van der Waals surface area contributed by atoms with Gasteiger partial charge in [0.25, 0.3) is 0 Å². The van der Waals surface area contributed by atoms with Gasteiger partial charge in [0.05, 0.1) is 25.6 Å². The van der Waals surface area contributed by atoms with Crippen molar-refractivity contribution in [2.24, 2.45) is 4.99 Å². The van der Waals surface area contributed by atoms with Gasteiger partial charge >= 0.3 is 0 Å². The van der Waals surface area contributed by atoms with Crippen molar-refractivity contribution in [2.75, 3.05) is 26.1 Å². The molecule has 0 unspecified atom stereocenters. The summed E-state index contributed by atoms with van der Waals surface area (Å²) in [6.45, 7) is 0.463. The van der Waals surface area contributed by atoms with Gasteiger partial charge in [-0.15, -0.1) is 0 Å². The molecule has 0 spiro atoms. The van der Waals surface area contributed by atoms with Crippen molar-refractivity contribution < 1.29 is 19.1 Å². The van der Waals surface area contributed by atoms with Gasteiger partial charge in [0.2, 0.25) is 11.8 Å². The number of nitrogens with zero attached hydrogens (tertiary/aromatic N) is 2. The molecule has 180 valence electrons. The molecule has 1 saturated heterocycles. The fraction of sp³-hybridized carbons (Fsp3) is 0.222. The Morgan fingerprint density at radius 1 is 1.00 bits per heavy atom. The highest BCUT2D eigenvalue weighted by molar-refractivity contribution is 8.15. The number of rotatable bonds is 8. The first-order valence-corrected chi connectivity index (χ1v) is 12.1. The molecule has 1 aliphatic rings. The number of carbonyl (C=O) groups is 2. The van der Waals surface area contributed by atoms with Crippen molar-refractivity contribution in [3.63, 3.8) is 0 Å². The van der Waals surface area contributed by atoms with Crippen molar-refractivity contribution in [3.05, 3.63) is 84.4 Å². The second-order valence-corrected chi connectivity index (χ2v) is 9.04. The van der Waals surface area contributed by atoms with Crippen LogP contribution in [0.2, 0.25) is 0 Å². The van der Waals surface area contributed by atoms with Crippen LogP contribution < -0.4 is 14.8 Å². The van der Waals surface area contributed by atoms with Gasteiger partial charge in [-0.25, -0.2) is 4.99 Å². The predicted molar refractivity (Wildman–Crippen MR) is 140 cm³/mol. The SMILES string of the molecule is COc1ccc(CCN2C(=O)C[C@H](C(=O)Nc3ccccc3OC)SC2=Nc2ccccc2)cc1. The minimum Gasteiger partial charge on any atom is -0.497 e. The third kappa shape index (κ3) is 6.22. The lowest BCUT2D eigenvalue weighted by Crippen LogP contribution is -2.46. The largest absolute Gasteiger partial charge is 0.497 e. The number of methoxy groups -OCH3 is 2. The summed E-state index contributed by atoms with van der Waals surface area (Å²) in [5.74, 6) is 0.955. The lowest BCUT2D eigenvalue weighted by atomic mass is 10.1. The van der Waals surface area contributed by atoms with E-state index in [1.807, 2.05) is 66.7 Å². The Bertz CT molecular complexity index is 1200. The minimum absolute atomic E-state index is 0.0854. The van der Waals surface area contributed by atoms with Crippen molar-refractivity contribution in [1.29, 1.82) is 0 Å². The first kappa shape index (κ1) is 24.3. The van der Waals surface area contributed by atoms with E-state index in [0.29, 0.717) is 29.6 Å². The normalized spacial score (nSPS) is 16.7. The van der Waals surface area contributed by atoms with E-state index >= 15 is 0 Å². The number of nitrogens with one attached hydrogen (secondary N) is 1. The quantitative estimate of drug-likeness (QED) is 0.487. The van der Waals surface area contributed by atoms with Crippen LogP contribution in [-0.4, -0.2) is 47.9 Å². The summed E-state index contributed by atoms with van der Waals surface area (Å²) < 4.78 is 10.6. The standard InChI is InChI=1S/C27H27N3O4S/c1-33-21-14-12-19(13-15-21)16-17-30-25(31)18-24(35-27(30)28-20-8-4-3-5-9-20)26(32)29-22-10-6-7-11-23(22)34-2/h3-15,24H,16-18H2,1-2H3,(H,29,32)/t24-/m1/s1. The average molecular weight is 490 g/mol. The van der Waals surface area contributed by atoms with Gasteiger partial charge in [-0.3, -0.25) is 14.5 Å². The van der Waals surface area contributed by atoms with Crippen molar-refractivity contribution in [1.82, 2.24) is 4.90 Å². The first-order valence-electron chi connectivity index (χ1n) is 11.2. The Kier molecular flexibility index (Phi) is 8.05. The zero-order valence-corrected chi connectivity index (χ0v) is 20.5. The number of thioether (sulfide) groups is 1. The van der Waals surface area contributed by atoms with Crippen molar-refractivity contribution in [2.45, 2.75) is 18.1 Å². The molecule has 3 aromatic rings. The van der Waals surface area contributed by atoms with Gasteiger partial charge in [-0.2, -0.15) is 0 Å². The van der Waals surface area contributed by atoms with E-state index in [1.54, 1.807) is 31.3 Å². The number of amides is 2. The maximum absolute atomic E-state index is 13.2. The number of para-hydroxylation sites is 3. The third-order valence-corrected chi connectivity index (χ3v) is 6.75. The smallest absolute Gasteiger partial charge is 0.238 e. The van der Waals surface area contributed by atoms with E-state index in [9.17, 15) is 9.59 Å². The fourth-order valence-electron chi connectivity index (χ4n) is 3.67. The van der Waals surface area contributed by atoms with Gasteiger partial charge in [-0.05, 0) is 48.4 Å². The summed E-state index contributed by atoms with van der Waals surface area (Å²) in [6.07, 6.45) is 0.740. The second kappa shape index (κ2) is 11.6. The molecule has 0 aromatic heterocycles. The zero-order chi connectivity index (χ0) is 24.6. The van der Waals surface area contributed by atoms with Gasteiger partial charge < -0.3 is 14.8 Å². The lowest BCUT2D eigenvalue weighted by Gasteiger charge is -2.32. The van der Waals surface area contributed by atoms with Crippen LogP contribution in [0.25, 0.3) is 0 Å². The predicted octanol–water partition coefficient (Wildman–Crippen LogP) is 4.91. The summed E-state index contributed by atoms with van der Waals surface area (Å²) in [7, 11) is 3.18. The molecule has 0 saturated carbocycles. The minimum atomic E-state index is -0.605. The molecule has 3 aromatic carbocycles. The fourth-order valence-corrected chi connectivity index (χ4v) is 4.79. The van der Waals surface area contributed by atoms with Gasteiger partial charge in [-0.1, -0.05) is 54.2 Å². The number of aliphatic imine (C=N–C) groups is 1. The molecule has 0 bridgehead atoms. The molecule has 0 radical (unpaired) electrons. The average Bonchev–Trinajstić information content (AvgIpc) is 2.89. The van der Waals surface area contributed by atoms with E-state index < -0.39 is 5.25 Å². The van der Waals surface area contributed by atoms with Crippen LogP contribution in [0.4, 0.5) is 11.4 Å². The van der Waals surface area contributed by atoms with E-state index in [0.717, 1.165) is 17.0 Å². The van der Waals surface area contributed by atoms with Crippen LogP contribution in [0, 0.1) is 0 Å². The summed E-state index contributed by atoms with van der Waals surface area (Å²) in [6, 6.07) is 24.4. The maximum atomic E-state index is 13.2. The number of benzene rings is 3. The molecule has 4 rings (SSSR count). The van der Waals surface area contributed by atoms with E-state index in [2.05, 4.69) is 5.32 Å². The second-order valence-electron chi connectivity index (χ2n) is 7.87. The Labute approximate surface area is 209 Å². The molecule has 1 N–H and O–H groups in total. The van der Waals surface area contributed by atoms with Gasteiger partial charge in [0.15, 0.2) is 5.17 Å². The Morgan fingerprint density at radius 2 is 1.71 bits per heavy atom. The molecule has 8 heteroatoms. The zero-order valence-electron chi connectivity index (χ0n) is 19.6. The van der Waals surface area contributed by atoms with E-state index in [4.69, 9.17) is 14.5 Å². The highest BCUT2D eigenvalue weighted by Gasteiger charge is 2.36. The molecular formula is C27H27N3O4S. The van der Waals surface area contributed by atoms with E-state index in [1.165, 1.54) is 11.8 Å². The van der Waals surface area contributed by atoms with Crippen molar-refractivity contribution >= 4 is 40.1 Å². The Morgan fingerprint density at radius 3 is 2.43 bits per heavy atom. The number of hydrogen-bond acceptors (Lipinski definition) is 6. The van der Waals surface area contributed by atoms with Crippen LogP contribution in [-0.2, 0) is 16.0 Å². The first-order chi connectivity index (χ1) is 17.1. The molecule has 1 heterocycles. The van der Waals surface area contributed by atoms with E-state index in [-0.39, 0.29) is 18.2 Å². The van der Waals surface area contributed by atoms with Crippen LogP contribution in [0.15, 0.2) is 83.9 Å². The van der Waals surface area contributed by atoms with Crippen LogP contribution in [0.5, 0.6) is 11.5 Å². The topological polar surface area (TPSA) is 80.2 Å². The summed E-state index contributed by atoms with van der Waals surface area (Å²) in [4.78, 5) is 32.7. The summed E-state index contributed by atoms with van der Waals surface area (Å²) in [5.41, 5.74) is 2.37. The highest BCUT2D eigenvalue weighted by atomic mass is 32.2. The molecule has 7 nitrogen and oxygen atoms in total. The molecule has 35 heavy (non-hydrogen) atoms. The number of amidine groups is 1. The molecule has 1 atom stereocenters. The maximum Gasteiger partial charge on any atom is 0.238 e. The Hall–Kier alpha value is -3.78. The van der Waals surface area contributed by atoms with Crippen LogP contribution in [0.3, 0.4) is 0 Å². The molecule has 1 aliphatic heterocycles. The molecule has 1 fully saturated rings. The van der Waals surface area contributed by atoms with Crippen LogP contribution in [0.1, 0.15) is 12.0 Å². The number of anilines is 1. The summed E-state index contributed by atoms with van der Waals surface area (Å²) >= 11 is 1.30. The molecule has 2 amide bonds. The summed E-state index contributed by atoms with van der Waals surface area (Å²) in [5, 5.41) is 2.81. The number of hydrogen-bond donors (Lipinski definition) is 1. The molecular weight excluding hydrogens is 462 g/mol. The van der Waals surface area contributed by atoms with Gasteiger partial charge in [0, 0.05) is 13.0 Å². The van der Waals surface area contributed by atoms with Crippen molar-refractivity contribution in [3.8, 4) is 11.5 Å².